The third-order valence-electron chi connectivity index (χ3n) is 4.65. The summed E-state index contributed by atoms with van der Waals surface area (Å²) in [5.74, 6) is -2.71. The Balaban J connectivity index is 4.70. The molecule has 9 nitrogen and oxygen atoms in total. The summed E-state index contributed by atoms with van der Waals surface area (Å²) in [5, 5.41) is 39.4. The Hall–Kier alpha value is -2.92. The zero-order valence-corrected chi connectivity index (χ0v) is 22.0. The number of nitrogens with one attached hydrogen (secondary N) is 1. The number of carboxylic acids is 2. The minimum Gasteiger partial charge on any atom is -0.481 e. The molecule has 0 aliphatic heterocycles. The van der Waals surface area contributed by atoms with Gasteiger partial charge in [0.2, 0.25) is 5.91 Å². The summed E-state index contributed by atoms with van der Waals surface area (Å²) < 4.78 is 0. The first-order chi connectivity index (χ1) is 17.7. The highest BCUT2D eigenvalue weighted by molar-refractivity contribution is 8.00. The first kappa shape index (κ1) is 34.1. The number of hydrogen-bond acceptors (Lipinski definition) is 7. The minimum atomic E-state index is -1.18. The van der Waals surface area contributed by atoms with Crippen molar-refractivity contribution in [3.63, 3.8) is 0 Å². The van der Waals surface area contributed by atoms with Gasteiger partial charge in [0.1, 0.15) is 6.54 Å². The molecule has 0 heterocycles. The van der Waals surface area contributed by atoms with E-state index in [9.17, 15) is 24.6 Å². The number of thioether (sulfide) groups is 1. The van der Waals surface area contributed by atoms with Crippen molar-refractivity contribution in [3.8, 4) is 0 Å². The molecule has 0 spiro atoms. The lowest BCUT2D eigenvalue weighted by atomic mass is 10.1. The van der Waals surface area contributed by atoms with Gasteiger partial charge in [-0.15, -0.1) is 11.8 Å². The number of aliphatic carboxylic acids is 2. The van der Waals surface area contributed by atoms with Crippen LogP contribution >= 0.6 is 11.8 Å². The Morgan fingerprint density at radius 3 is 2.19 bits per heavy atom. The second-order valence-corrected chi connectivity index (χ2v) is 9.16. The summed E-state index contributed by atoms with van der Waals surface area (Å²) in [7, 11) is 0. The highest BCUT2D eigenvalue weighted by atomic mass is 32.2. The van der Waals surface area contributed by atoms with Crippen molar-refractivity contribution in [1.82, 2.24) is 5.32 Å². The molecule has 4 atom stereocenters. The Morgan fingerprint density at radius 1 is 0.892 bits per heavy atom. The average Bonchev–Trinajstić information content (AvgIpc) is 2.85. The monoisotopic (exact) mass is 536 g/mol. The van der Waals surface area contributed by atoms with Gasteiger partial charge in [0, 0.05) is 17.4 Å². The van der Waals surface area contributed by atoms with Crippen molar-refractivity contribution in [1.29, 1.82) is 0 Å². The minimum absolute atomic E-state index is 0.0364. The largest absolute Gasteiger partial charge is 0.481 e. The number of rotatable bonds is 20. The number of allylic oxidation sites excluding steroid dienone is 9. The van der Waals surface area contributed by atoms with E-state index >= 15 is 0 Å². The maximum atomic E-state index is 11.9. The predicted octanol–water partition coefficient (Wildman–Crippen LogP) is 2.73. The van der Waals surface area contributed by atoms with Gasteiger partial charge in [0.25, 0.3) is 0 Å². The Morgan fingerprint density at radius 2 is 1.54 bits per heavy atom. The van der Waals surface area contributed by atoms with Crippen LogP contribution in [-0.2, 0) is 14.4 Å². The van der Waals surface area contributed by atoms with E-state index in [0.29, 0.717) is 12.8 Å². The van der Waals surface area contributed by atoms with Gasteiger partial charge >= 0.3 is 11.9 Å². The lowest BCUT2D eigenvalue weighted by molar-refractivity contribution is -0.138. The summed E-state index contributed by atoms with van der Waals surface area (Å²) in [5.41, 5.74) is 5.79. The zero-order chi connectivity index (χ0) is 27.9. The summed E-state index contributed by atoms with van der Waals surface area (Å²) in [6, 6.07) is -0.977. The lowest BCUT2D eigenvalue weighted by Gasteiger charge is -2.20. The van der Waals surface area contributed by atoms with Crippen LogP contribution in [0.1, 0.15) is 39.0 Å². The van der Waals surface area contributed by atoms with E-state index in [2.05, 4.69) is 5.32 Å². The first-order valence-electron chi connectivity index (χ1n) is 12.1. The van der Waals surface area contributed by atoms with Gasteiger partial charge in [-0.3, -0.25) is 14.4 Å². The number of carbonyl (C=O) groups is 3. The van der Waals surface area contributed by atoms with Crippen LogP contribution in [0.4, 0.5) is 0 Å². The van der Waals surface area contributed by atoms with Crippen molar-refractivity contribution in [2.24, 2.45) is 5.73 Å². The van der Waals surface area contributed by atoms with E-state index in [1.807, 2.05) is 49.5 Å². The average molecular weight is 537 g/mol. The van der Waals surface area contributed by atoms with E-state index in [0.717, 1.165) is 6.42 Å². The number of carboxylic acid groups (broad SMARTS) is 2. The van der Waals surface area contributed by atoms with Gasteiger partial charge in [-0.2, -0.15) is 0 Å². The fourth-order valence-corrected chi connectivity index (χ4v) is 3.82. The van der Waals surface area contributed by atoms with Crippen molar-refractivity contribution in [2.75, 3.05) is 12.3 Å². The molecule has 0 unspecified atom stereocenters. The van der Waals surface area contributed by atoms with Crippen LogP contribution in [0.2, 0.25) is 0 Å². The molecular weight excluding hydrogens is 496 g/mol. The molecule has 37 heavy (non-hydrogen) atoms. The third kappa shape index (κ3) is 20.9. The zero-order valence-electron chi connectivity index (χ0n) is 21.2. The SMILES string of the molecule is CC/C=C\C[C@H](O)/C=C/C=C\C\C=C/C=C/C=C/[C@@H](SC[C@H](N)C(=O)NCC(=O)O)[C@@H](O)CCC(=O)O. The Labute approximate surface area is 223 Å². The molecule has 1 amide bonds. The van der Waals surface area contributed by atoms with Crippen molar-refractivity contribution in [2.45, 2.75) is 62.5 Å². The standard InChI is InChI=1S/C27H40N2O7S/c1-2-3-11-14-21(30)15-12-9-7-5-4-6-8-10-13-16-24(23(31)17-18-25(32)33)37-20-22(28)27(36)29-19-26(34)35/h3-4,6-13,15-16,21-24,30-31H,2,5,14,17-20,28H2,1H3,(H,29,36)(H,32,33)(H,34,35)/b6-4-,9-7-,10-8+,11-3-,15-12+,16-13+/t21-,22-,23-,24+/m0/s1. The molecule has 7 N–H and O–H groups in total. The molecule has 0 fully saturated rings. The molecule has 0 rings (SSSR count). The predicted molar refractivity (Wildman–Crippen MR) is 148 cm³/mol. The molecule has 0 aliphatic rings. The third-order valence-corrected chi connectivity index (χ3v) is 6.06. The van der Waals surface area contributed by atoms with Crippen LogP contribution in [0.25, 0.3) is 0 Å². The van der Waals surface area contributed by atoms with Crippen molar-refractivity contribution in [3.05, 3.63) is 72.9 Å². The highest BCUT2D eigenvalue weighted by Gasteiger charge is 2.21. The molecular formula is C27H40N2O7S. The van der Waals surface area contributed by atoms with Gasteiger partial charge in [-0.25, -0.2) is 0 Å². The first-order valence-corrected chi connectivity index (χ1v) is 13.1. The molecule has 0 aromatic heterocycles. The second kappa shape index (κ2) is 22.3. The molecule has 0 aliphatic carbocycles. The normalized spacial score (nSPS) is 15.9. The molecule has 206 valence electrons. The highest BCUT2D eigenvalue weighted by Crippen LogP contribution is 2.20. The summed E-state index contributed by atoms with van der Waals surface area (Å²) >= 11 is 1.19. The van der Waals surface area contributed by atoms with Gasteiger partial charge in [0.15, 0.2) is 0 Å². The van der Waals surface area contributed by atoms with Crippen molar-refractivity contribution >= 4 is 29.6 Å². The number of aliphatic hydroxyl groups is 2. The Bertz CT molecular complexity index is 850. The molecule has 0 radical (unpaired) electrons. The number of nitrogens with two attached hydrogens (primary N) is 1. The molecule has 0 saturated carbocycles. The second-order valence-electron chi connectivity index (χ2n) is 7.95. The molecule has 0 aromatic rings. The number of carbonyl (C=O) groups excluding carboxylic acids is 1. The number of amides is 1. The molecule has 0 bridgehead atoms. The molecule has 0 saturated heterocycles. The smallest absolute Gasteiger partial charge is 0.322 e. The van der Waals surface area contributed by atoms with E-state index < -0.39 is 47.9 Å². The van der Waals surface area contributed by atoms with Gasteiger partial charge in [-0.1, -0.05) is 79.8 Å². The van der Waals surface area contributed by atoms with Crippen LogP contribution in [-0.4, -0.2) is 74.1 Å². The van der Waals surface area contributed by atoms with Crippen LogP contribution in [0.5, 0.6) is 0 Å². The quantitative estimate of drug-likeness (QED) is 0.101. The fraction of sp³-hybridized carbons (Fsp3) is 0.444. The maximum Gasteiger partial charge on any atom is 0.322 e. The van der Waals surface area contributed by atoms with E-state index in [1.165, 1.54) is 11.8 Å². The van der Waals surface area contributed by atoms with Crippen molar-refractivity contribution < 1.29 is 34.8 Å². The van der Waals surface area contributed by atoms with Gasteiger partial charge in [-0.05, 0) is 25.7 Å². The lowest BCUT2D eigenvalue weighted by Crippen LogP contribution is -2.44. The van der Waals surface area contributed by atoms with Crippen LogP contribution < -0.4 is 11.1 Å². The fourth-order valence-electron chi connectivity index (χ4n) is 2.68. The van der Waals surface area contributed by atoms with E-state index in [-0.39, 0.29) is 18.6 Å². The van der Waals surface area contributed by atoms with Crippen LogP contribution in [0, 0.1) is 0 Å². The van der Waals surface area contributed by atoms with Gasteiger partial charge < -0.3 is 31.5 Å². The maximum absolute atomic E-state index is 11.9. The molecule has 0 aromatic carbocycles. The van der Waals surface area contributed by atoms with E-state index in [1.54, 1.807) is 30.4 Å². The number of hydrogen-bond donors (Lipinski definition) is 6. The summed E-state index contributed by atoms with van der Waals surface area (Å²) in [6.07, 6.45) is 22.8. The topological polar surface area (TPSA) is 170 Å². The van der Waals surface area contributed by atoms with Crippen LogP contribution in [0.15, 0.2) is 72.9 Å². The summed E-state index contributed by atoms with van der Waals surface area (Å²) in [4.78, 5) is 33.2. The van der Waals surface area contributed by atoms with Gasteiger partial charge in [0.05, 0.1) is 18.2 Å². The number of aliphatic hydroxyl groups excluding tert-OH is 2. The molecule has 10 heteroatoms. The summed E-state index contributed by atoms with van der Waals surface area (Å²) in [6.45, 7) is 1.51. The van der Waals surface area contributed by atoms with Crippen LogP contribution in [0.3, 0.4) is 0 Å². The van der Waals surface area contributed by atoms with E-state index in [4.69, 9.17) is 15.9 Å². The Kier molecular flexibility index (Phi) is 20.5.